The summed E-state index contributed by atoms with van der Waals surface area (Å²) in [7, 11) is 3.28. The Bertz CT molecular complexity index is 256. The SMILES string of the molecule is CNC(=O)CN(C)C1COCC1C(=O)O. The van der Waals surface area contributed by atoms with Crippen LogP contribution in [0.1, 0.15) is 0 Å². The summed E-state index contributed by atoms with van der Waals surface area (Å²) < 4.78 is 5.11. The Morgan fingerprint density at radius 2 is 2.20 bits per heavy atom. The van der Waals surface area contributed by atoms with E-state index in [0.29, 0.717) is 6.61 Å². The van der Waals surface area contributed by atoms with E-state index in [1.165, 1.54) is 0 Å². The number of aliphatic carboxylic acids is 1. The Morgan fingerprint density at radius 1 is 1.53 bits per heavy atom. The van der Waals surface area contributed by atoms with Crippen LogP contribution in [0, 0.1) is 5.92 Å². The fourth-order valence-corrected chi connectivity index (χ4v) is 1.64. The first-order valence-corrected chi connectivity index (χ1v) is 4.77. The van der Waals surface area contributed by atoms with Gasteiger partial charge in [-0.25, -0.2) is 0 Å². The first-order chi connectivity index (χ1) is 7.06. The highest BCUT2D eigenvalue weighted by Gasteiger charge is 2.36. The minimum Gasteiger partial charge on any atom is -0.481 e. The van der Waals surface area contributed by atoms with E-state index >= 15 is 0 Å². The van der Waals surface area contributed by atoms with Crippen LogP contribution in [-0.2, 0) is 14.3 Å². The molecule has 86 valence electrons. The van der Waals surface area contributed by atoms with Crippen molar-refractivity contribution in [1.29, 1.82) is 0 Å². The third-order valence-electron chi connectivity index (χ3n) is 2.61. The van der Waals surface area contributed by atoms with Gasteiger partial charge in [0.2, 0.25) is 5.91 Å². The summed E-state index contributed by atoms with van der Waals surface area (Å²) in [4.78, 5) is 23.7. The second-order valence-electron chi connectivity index (χ2n) is 3.64. The van der Waals surface area contributed by atoms with Crippen molar-refractivity contribution in [2.45, 2.75) is 6.04 Å². The molecular formula is C9H16N2O4. The second kappa shape index (κ2) is 5.09. The molecule has 1 saturated heterocycles. The zero-order valence-corrected chi connectivity index (χ0v) is 8.90. The Morgan fingerprint density at radius 3 is 2.73 bits per heavy atom. The predicted molar refractivity (Wildman–Crippen MR) is 52.4 cm³/mol. The van der Waals surface area contributed by atoms with Crippen LogP contribution in [0.25, 0.3) is 0 Å². The molecule has 0 aromatic rings. The van der Waals surface area contributed by atoms with Crippen molar-refractivity contribution < 1.29 is 19.4 Å². The minimum atomic E-state index is -0.874. The zero-order chi connectivity index (χ0) is 11.4. The lowest BCUT2D eigenvalue weighted by atomic mass is 10.0. The van der Waals surface area contributed by atoms with Crippen LogP contribution in [0.4, 0.5) is 0 Å². The number of nitrogens with zero attached hydrogens (tertiary/aromatic N) is 1. The number of hydrogen-bond acceptors (Lipinski definition) is 4. The first kappa shape index (κ1) is 11.9. The lowest BCUT2D eigenvalue weighted by Crippen LogP contribution is -2.45. The van der Waals surface area contributed by atoms with Crippen molar-refractivity contribution in [2.75, 3.05) is 33.9 Å². The van der Waals surface area contributed by atoms with E-state index in [1.54, 1.807) is 19.0 Å². The number of carboxylic acid groups (broad SMARTS) is 1. The van der Waals surface area contributed by atoms with Gasteiger partial charge in [-0.3, -0.25) is 14.5 Å². The molecule has 0 aromatic heterocycles. The van der Waals surface area contributed by atoms with Gasteiger partial charge in [-0.2, -0.15) is 0 Å². The summed E-state index contributed by atoms with van der Waals surface area (Å²) in [5.74, 6) is -1.55. The van der Waals surface area contributed by atoms with Crippen molar-refractivity contribution in [3.63, 3.8) is 0 Å². The van der Waals surface area contributed by atoms with Crippen molar-refractivity contribution >= 4 is 11.9 Å². The molecule has 1 aliphatic rings. The standard InChI is InChI=1S/C9H16N2O4/c1-10-8(12)3-11(2)7-5-15-4-6(7)9(13)14/h6-7H,3-5H2,1-2H3,(H,10,12)(H,13,14). The van der Waals surface area contributed by atoms with E-state index in [2.05, 4.69) is 5.32 Å². The summed E-state index contributed by atoms with van der Waals surface area (Å²) in [5, 5.41) is 11.4. The molecule has 2 atom stereocenters. The molecule has 1 amide bonds. The zero-order valence-electron chi connectivity index (χ0n) is 8.90. The average Bonchev–Trinajstić information content (AvgIpc) is 2.65. The van der Waals surface area contributed by atoms with E-state index in [0.717, 1.165) is 0 Å². The molecule has 0 bridgehead atoms. The summed E-state index contributed by atoms with van der Waals surface area (Å²) in [6, 6.07) is -0.222. The van der Waals surface area contributed by atoms with E-state index in [4.69, 9.17) is 9.84 Å². The number of likely N-dealkylation sites (N-methyl/N-ethyl adjacent to an activating group) is 2. The number of amides is 1. The molecule has 1 fully saturated rings. The van der Waals surface area contributed by atoms with Crippen LogP contribution in [0.2, 0.25) is 0 Å². The molecule has 1 aliphatic heterocycles. The fourth-order valence-electron chi connectivity index (χ4n) is 1.64. The Labute approximate surface area is 88.2 Å². The topological polar surface area (TPSA) is 78.9 Å². The van der Waals surface area contributed by atoms with Crippen LogP contribution in [-0.4, -0.2) is 61.8 Å². The minimum absolute atomic E-state index is 0.131. The van der Waals surface area contributed by atoms with Gasteiger partial charge in [-0.1, -0.05) is 0 Å². The predicted octanol–water partition coefficient (Wildman–Crippen LogP) is -1.24. The van der Waals surface area contributed by atoms with E-state index in [-0.39, 0.29) is 25.1 Å². The molecule has 0 spiro atoms. The van der Waals surface area contributed by atoms with Crippen LogP contribution in [0.5, 0.6) is 0 Å². The van der Waals surface area contributed by atoms with Crippen molar-refractivity contribution in [2.24, 2.45) is 5.92 Å². The van der Waals surface area contributed by atoms with Crippen LogP contribution in [0.15, 0.2) is 0 Å². The molecule has 15 heavy (non-hydrogen) atoms. The second-order valence-corrected chi connectivity index (χ2v) is 3.64. The van der Waals surface area contributed by atoms with Gasteiger partial charge >= 0.3 is 5.97 Å². The number of nitrogens with one attached hydrogen (secondary N) is 1. The van der Waals surface area contributed by atoms with Crippen molar-refractivity contribution in [1.82, 2.24) is 10.2 Å². The highest BCUT2D eigenvalue weighted by atomic mass is 16.5. The average molecular weight is 216 g/mol. The molecule has 1 heterocycles. The third kappa shape index (κ3) is 2.90. The largest absolute Gasteiger partial charge is 0.481 e. The monoisotopic (exact) mass is 216 g/mol. The number of carbonyl (C=O) groups is 2. The summed E-state index contributed by atoms with van der Waals surface area (Å²) in [6.45, 7) is 0.775. The summed E-state index contributed by atoms with van der Waals surface area (Å²) in [6.07, 6.45) is 0. The van der Waals surface area contributed by atoms with E-state index < -0.39 is 11.9 Å². The Balaban J connectivity index is 2.54. The van der Waals surface area contributed by atoms with Gasteiger partial charge < -0.3 is 15.2 Å². The maximum absolute atomic E-state index is 11.1. The summed E-state index contributed by atoms with van der Waals surface area (Å²) in [5.41, 5.74) is 0. The molecule has 0 saturated carbocycles. The molecule has 2 N–H and O–H groups in total. The Kier molecular flexibility index (Phi) is 4.05. The molecule has 6 nitrogen and oxygen atoms in total. The molecule has 0 radical (unpaired) electrons. The Hall–Kier alpha value is -1.14. The number of carboxylic acids is 1. The van der Waals surface area contributed by atoms with Gasteiger partial charge in [-0.15, -0.1) is 0 Å². The van der Waals surface area contributed by atoms with E-state index in [1.807, 2.05) is 0 Å². The number of rotatable bonds is 4. The van der Waals surface area contributed by atoms with Crippen LogP contribution >= 0.6 is 0 Å². The fraction of sp³-hybridized carbons (Fsp3) is 0.778. The van der Waals surface area contributed by atoms with Gasteiger partial charge in [-0.05, 0) is 7.05 Å². The van der Waals surface area contributed by atoms with E-state index in [9.17, 15) is 9.59 Å². The maximum Gasteiger partial charge on any atom is 0.310 e. The molecule has 0 aliphatic carbocycles. The lowest BCUT2D eigenvalue weighted by molar-refractivity contribution is -0.143. The lowest BCUT2D eigenvalue weighted by Gasteiger charge is -2.25. The summed E-state index contributed by atoms with van der Waals surface area (Å²) >= 11 is 0. The number of ether oxygens (including phenoxy) is 1. The van der Waals surface area contributed by atoms with Gasteiger partial charge in [0.05, 0.1) is 25.7 Å². The highest BCUT2D eigenvalue weighted by Crippen LogP contribution is 2.18. The van der Waals surface area contributed by atoms with Gasteiger partial charge in [0.1, 0.15) is 0 Å². The van der Waals surface area contributed by atoms with Gasteiger partial charge in [0.25, 0.3) is 0 Å². The highest BCUT2D eigenvalue weighted by molar-refractivity contribution is 5.78. The van der Waals surface area contributed by atoms with Crippen LogP contribution in [0.3, 0.4) is 0 Å². The number of carbonyl (C=O) groups excluding carboxylic acids is 1. The maximum atomic E-state index is 11.1. The molecule has 6 heteroatoms. The molecule has 2 unspecified atom stereocenters. The first-order valence-electron chi connectivity index (χ1n) is 4.77. The van der Waals surface area contributed by atoms with Crippen molar-refractivity contribution in [3.05, 3.63) is 0 Å². The molecule has 1 rings (SSSR count). The van der Waals surface area contributed by atoms with Gasteiger partial charge in [0, 0.05) is 13.1 Å². The number of hydrogen-bond donors (Lipinski definition) is 2. The van der Waals surface area contributed by atoms with Crippen molar-refractivity contribution in [3.8, 4) is 0 Å². The smallest absolute Gasteiger partial charge is 0.310 e. The third-order valence-corrected chi connectivity index (χ3v) is 2.61. The molecular weight excluding hydrogens is 200 g/mol. The normalized spacial score (nSPS) is 25.5. The van der Waals surface area contributed by atoms with Crippen LogP contribution < -0.4 is 5.32 Å². The molecule has 0 aromatic carbocycles. The quantitative estimate of drug-likeness (QED) is 0.615. The van der Waals surface area contributed by atoms with Gasteiger partial charge in [0.15, 0.2) is 0 Å².